The molecule has 2 saturated heterocycles. The monoisotopic (exact) mass is 452 g/mol. The molecule has 0 aromatic heterocycles. The Labute approximate surface area is 196 Å². The number of benzene rings is 2. The van der Waals surface area contributed by atoms with Crippen LogP contribution in [0.2, 0.25) is 0 Å². The Bertz CT molecular complexity index is 901. The normalized spacial score (nSPS) is 18.2. The fraction of sp³-hybridized carbons (Fsp3) is 0.519. The van der Waals surface area contributed by atoms with Crippen molar-refractivity contribution >= 4 is 5.91 Å². The Morgan fingerprint density at radius 3 is 2.42 bits per heavy atom. The van der Waals surface area contributed by atoms with E-state index < -0.39 is 0 Å². The number of rotatable bonds is 8. The van der Waals surface area contributed by atoms with Gasteiger partial charge in [-0.1, -0.05) is 18.2 Å². The summed E-state index contributed by atoms with van der Waals surface area (Å²) in [5, 5.41) is 11.7. The first-order chi connectivity index (χ1) is 16.2. The number of nitrogens with one attached hydrogen (secondary N) is 1. The molecule has 0 spiro atoms. The van der Waals surface area contributed by atoms with Crippen LogP contribution in [0.15, 0.2) is 42.5 Å². The van der Waals surface area contributed by atoms with Crippen LogP contribution in [0.4, 0.5) is 0 Å². The van der Waals surface area contributed by atoms with Gasteiger partial charge in [-0.2, -0.15) is 0 Å². The van der Waals surface area contributed by atoms with E-state index in [1.54, 1.807) is 7.11 Å². The van der Waals surface area contributed by atoms with Gasteiger partial charge in [-0.3, -0.25) is 4.79 Å². The van der Waals surface area contributed by atoms with Crippen molar-refractivity contribution in [3.8, 4) is 16.9 Å². The Morgan fingerprint density at radius 2 is 1.76 bits per heavy atom. The number of carbonyl (C=O) groups excluding carboxylic acids is 1. The minimum absolute atomic E-state index is 0.0770. The van der Waals surface area contributed by atoms with Gasteiger partial charge < -0.3 is 24.8 Å². The Kier molecular flexibility index (Phi) is 8.37. The molecular formula is C27H36N2O4. The SMILES string of the molecule is COc1ccc(-c2ccc(C(=O)NCCCO)cc2)cc1C1CCN(C2CCOCC2)CC1. The van der Waals surface area contributed by atoms with Gasteiger partial charge in [-0.15, -0.1) is 0 Å². The number of piperidine rings is 1. The van der Waals surface area contributed by atoms with E-state index in [4.69, 9.17) is 14.6 Å². The maximum Gasteiger partial charge on any atom is 0.251 e. The van der Waals surface area contributed by atoms with E-state index in [9.17, 15) is 4.79 Å². The van der Waals surface area contributed by atoms with Crippen LogP contribution >= 0.6 is 0 Å². The minimum Gasteiger partial charge on any atom is -0.496 e. The zero-order valence-corrected chi connectivity index (χ0v) is 19.6. The highest BCUT2D eigenvalue weighted by atomic mass is 16.5. The molecule has 2 heterocycles. The van der Waals surface area contributed by atoms with E-state index in [0.29, 0.717) is 30.5 Å². The third-order valence-electron chi connectivity index (χ3n) is 7.01. The molecule has 0 aliphatic carbocycles. The van der Waals surface area contributed by atoms with Gasteiger partial charge in [0.25, 0.3) is 5.91 Å². The third kappa shape index (κ3) is 5.94. The summed E-state index contributed by atoms with van der Waals surface area (Å²) in [6.45, 7) is 4.60. The molecule has 6 nitrogen and oxygen atoms in total. The smallest absolute Gasteiger partial charge is 0.251 e. The molecule has 0 bridgehead atoms. The molecule has 6 heteroatoms. The number of likely N-dealkylation sites (tertiary alicyclic amines) is 1. The minimum atomic E-state index is -0.110. The zero-order chi connectivity index (χ0) is 23.0. The van der Waals surface area contributed by atoms with Crippen molar-refractivity contribution in [2.24, 2.45) is 0 Å². The van der Waals surface area contributed by atoms with Gasteiger partial charge in [0.2, 0.25) is 0 Å². The number of hydrogen-bond donors (Lipinski definition) is 2. The standard InChI is InChI=1S/C27H36N2O4/c1-32-26-8-7-23(20-3-5-22(6-4-20)27(31)28-13-2-16-30)19-25(26)21-9-14-29(15-10-21)24-11-17-33-18-12-24/h3-8,19,21,24,30H,2,9-18H2,1H3,(H,28,31). The van der Waals surface area contributed by atoms with Gasteiger partial charge in [-0.05, 0) is 92.1 Å². The van der Waals surface area contributed by atoms with Crippen molar-refractivity contribution in [3.63, 3.8) is 0 Å². The summed E-state index contributed by atoms with van der Waals surface area (Å²) in [4.78, 5) is 14.9. The van der Waals surface area contributed by atoms with Crippen molar-refractivity contribution in [3.05, 3.63) is 53.6 Å². The summed E-state index contributed by atoms with van der Waals surface area (Å²) in [5.74, 6) is 1.34. The number of aliphatic hydroxyl groups excluding tert-OH is 1. The molecular weight excluding hydrogens is 416 g/mol. The number of hydrogen-bond acceptors (Lipinski definition) is 5. The average Bonchev–Trinajstić information content (AvgIpc) is 2.89. The predicted molar refractivity (Wildman–Crippen MR) is 130 cm³/mol. The van der Waals surface area contributed by atoms with Crippen LogP contribution in [0.3, 0.4) is 0 Å². The molecule has 0 saturated carbocycles. The molecule has 2 aromatic carbocycles. The fourth-order valence-electron chi connectivity index (χ4n) is 5.06. The van der Waals surface area contributed by atoms with Gasteiger partial charge in [0.15, 0.2) is 0 Å². The number of aliphatic hydroxyl groups is 1. The van der Waals surface area contributed by atoms with Crippen LogP contribution in [0.5, 0.6) is 5.75 Å². The van der Waals surface area contributed by atoms with Crippen molar-refractivity contribution in [2.45, 2.75) is 44.1 Å². The molecule has 2 aliphatic rings. The van der Waals surface area contributed by atoms with Gasteiger partial charge in [-0.25, -0.2) is 0 Å². The summed E-state index contributed by atoms with van der Waals surface area (Å²) >= 11 is 0. The summed E-state index contributed by atoms with van der Waals surface area (Å²) in [6, 6.07) is 14.8. The molecule has 0 radical (unpaired) electrons. The highest BCUT2D eigenvalue weighted by Crippen LogP contribution is 2.38. The highest BCUT2D eigenvalue weighted by Gasteiger charge is 2.28. The molecule has 0 atom stereocenters. The largest absolute Gasteiger partial charge is 0.496 e. The second kappa shape index (κ2) is 11.6. The first-order valence-electron chi connectivity index (χ1n) is 12.2. The summed E-state index contributed by atoms with van der Waals surface area (Å²) in [7, 11) is 1.75. The molecule has 0 unspecified atom stereocenters. The molecule has 178 valence electrons. The van der Waals surface area contributed by atoms with Crippen LogP contribution in [0, 0.1) is 0 Å². The van der Waals surface area contributed by atoms with Crippen LogP contribution in [-0.4, -0.2) is 68.5 Å². The maximum atomic E-state index is 12.2. The maximum absolute atomic E-state index is 12.2. The Morgan fingerprint density at radius 1 is 1.06 bits per heavy atom. The van der Waals surface area contributed by atoms with E-state index in [2.05, 4.69) is 28.4 Å². The van der Waals surface area contributed by atoms with Crippen molar-refractivity contribution in [1.82, 2.24) is 10.2 Å². The summed E-state index contributed by atoms with van der Waals surface area (Å²) < 4.78 is 11.3. The number of methoxy groups -OCH3 is 1. The lowest BCUT2D eigenvalue weighted by atomic mass is 9.86. The van der Waals surface area contributed by atoms with E-state index in [0.717, 1.165) is 68.9 Å². The lowest BCUT2D eigenvalue weighted by molar-refractivity contribution is 0.0251. The first kappa shape index (κ1) is 23.7. The van der Waals surface area contributed by atoms with Crippen molar-refractivity contribution < 1.29 is 19.4 Å². The van der Waals surface area contributed by atoms with Crippen LogP contribution in [0.25, 0.3) is 11.1 Å². The van der Waals surface area contributed by atoms with Crippen LogP contribution < -0.4 is 10.1 Å². The summed E-state index contributed by atoms with van der Waals surface area (Å²) in [5.41, 5.74) is 4.15. The average molecular weight is 453 g/mol. The fourth-order valence-corrected chi connectivity index (χ4v) is 5.06. The zero-order valence-electron chi connectivity index (χ0n) is 19.6. The molecule has 33 heavy (non-hydrogen) atoms. The van der Waals surface area contributed by atoms with Crippen LogP contribution in [-0.2, 0) is 4.74 Å². The molecule has 1 amide bonds. The van der Waals surface area contributed by atoms with Gasteiger partial charge in [0.1, 0.15) is 5.75 Å². The van der Waals surface area contributed by atoms with Crippen molar-refractivity contribution in [2.75, 3.05) is 46.6 Å². The second-order valence-electron chi connectivity index (χ2n) is 9.02. The predicted octanol–water partition coefficient (Wildman–Crippen LogP) is 3.83. The van der Waals surface area contributed by atoms with E-state index in [1.807, 2.05) is 24.3 Å². The van der Waals surface area contributed by atoms with Gasteiger partial charge >= 0.3 is 0 Å². The Hall–Kier alpha value is -2.41. The van der Waals surface area contributed by atoms with Crippen LogP contribution in [0.1, 0.15) is 53.9 Å². The number of amides is 1. The summed E-state index contributed by atoms with van der Waals surface area (Å²) in [6.07, 6.45) is 5.15. The Balaban J connectivity index is 1.44. The highest BCUT2D eigenvalue weighted by molar-refractivity contribution is 5.94. The lowest BCUT2D eigenvalue weighted by Crippen LogP contribution is -2.43. The van der Waals surface area contributed by atoms with Crippen molar-refractivity contribution in [1.29, 1.82) is 0 Å². The molecule has 2 aromatic rings. The third-order valence-corrected chi connectivity index (χ3v) is 7.01. The number of nitrogens with zero attached hydrogens (tertiary/aromatic N) is 1. The topological polar surface area (TPSA) is 71.0 Å². The van der Waals surface area contributed by atoms with E-state index in [1.165, 1.54) is 5.56 Å². The van der Waals surface area contributed by atoms with E-state index >= 15 is 0 Å². The lowest BCUT2D eigenvalue weighted by Gasteiger charge is -2.39. The molecule has 2 fully saturated rings. The van der Waals surface area contributed by atoms with Gasteiger partial charge in [0.05, 0.1) is 7.11 Å². The molecule has 2 aliphatic heterocycles. The number of ether oxygens (including phenoxy) is 2. The molecule has 2 N–H and O–H groups in total. The van der Waals surface area contributed by atoms with Gasteiger partial charge in [0, 0.05) is 38.0 Å². The van der Waals surface area contributed by atoms with E-state index in [-0.39, 0.29) is 12.5 Å². The molecule has 4 rings (SSSR count). The quantitative estimate of drug-likeness (QED) is 0.596. The first-order valence-corrected chi connectivity index (χ1v) is 12.2. The number of carbonyl (C=O) groups is 1. The second-order valence-corrected chi connectivity index (χ2v) is 9.02.